The Kier molecular flexibility index (Phi) is 6.38. The number of nitrogens with zero attached hydrogens (tertiary/aromatic N) is 1. The molecule has 1 saturated heterocycles. The summed E-state index contributed by atoms with van der Waals surface area (Å²) in [4.78, 5) is 26.8. The lowest BCUT2D eigenvalue weighted by Crippen LogP contribution is -2.62. The maximum atomic E-state index is 13.1. The van der Waals surface area contributed by atoms with Crippen molar-refractivity contribution < 1.29 is 14.3 Å². The van der Waals surface area contributed by atoms with Crippen LogP contribution in [0.5, 0.6) is 0 Å². The maximum absolute atomic E-state index is 13.1. The molecule has 1 atom stereocenters. The summed E-state index contributed by atoms with van der Waals surface area (Å²) in [5.41, 5.74) is 3.37. The zero-order valence-electron chi connectivity index (χ0n) is 17.7. The Morgan fingerprint density at radius 3 is 2.52 bits per heavy atom. The standard InChI is InChI=1S/C24H30N2O3/c1-17(2)25-23(28)24(16-26(19(4)27)12-13-29-24)15-20-6-5-7-22(14-20)21-10-8-18(3)9-11-21/h5-11,14,17H,12-13,15-16H2,1-4H3,(H,25,28). The molecule has 5 nitrogen and oxygen atoms in total. The van der Waals surface area contributed by atoms with Crippen molar-refractivity contribution >= 4 is 11.8 Å². The SMILES string of the molecule is CC(=O)N1CCOC(Cc2cccc(-c3ccc(C)cc3)c2)(C(=O)NC(C)C)C1. The van der Waals surface area contributed by atoms with E-state index in [-0.39, 0.29) is 24.4 Å². The van der Waals surface area contributed by atoms with E-state index in [9.17, 15) is 9.59 Å². The van der Waals surface area contributed by atoms with Crippen molar-refractivity contribution in [3.8, 4) is 11.1 Å². The molecule has 3 rings (SSSR count). The molecule has 154 valence electrons. The monoisotopic (exact) mass is 394 g/mol. The summed E-state index contributed by atoms with van der Waals surface area (Å²) in [6.45, 7) is 8.57. The van der Waals surface area contributed by atoms with Crippen molar-refractivity contribution in [1.82, 2.24) is 10.2 Å². The summed E-state index contributed by atoms with van der Waals surface area (Å²) in [6.07, 6.45) is 0.412. The zero-order chi connectivity index (χ0) is 21.0. The van der Waals surface area contributed by atoms with Gasteiger partial charge in [-0.25, -0.2) is 0 Å². The molecule has 1 N–H and O–H groups in total. The van der Waals surface area contributed by atoms with E-state index in [1.165, 1.54) is 12.5 Å². The van der Waals surface area contributed by atoms with Crippen molar-refractivity contribution in [3.63, 3.8) is 0 Å². The van der Waals surface area contributed by atoms with E-state index in [1.54, 1.807) is 4.90 Å². The van der Waals surface area contributed by atoms with Crippen molar-refractivity contribution in [2.24, 2.45) is 0 Å². The van der Waals surface area contributed by atoms with Gasteiger partial charge in [0.25, 0.3) is 5.91 Å². The van der Waals surface area contributed by atoms with E-state index in [0.29, 0.717) is 19.6 Å². The molecule has 2 amide bonds. The number of nitrogens with one attached hydrogen (secondary N) is 1. The summed E-state index contributed by atoms with van der Waals surface area (Å²) in [6, 6.07) is 16.6. The Bertz CT molecular complexity index is 876. The normalized spacial score (nSPS) is 19.3. The van der Waals surface area contributed by atoms with Gasteiger partial charge in [-0.1, -0.05) is 54.1 Å². The highest BCUT2D eigenvalue weighted by Gasteiger charge is 2.44. The molecular weight excluding hydrogens is 364 g/mol. The second-order valence-corrected chi connectivity index (χ2v) is 8.15. The van der Waals surface area contributed by atoms with Crippen LogP contribution in [-0.4, -0.2) is 48.1 Å². The lowest BCUT2D eigenvalue weighted by atomic mass is 9.89. The van der Waals surface area contributed by atoms with Crippen LogP contribution in [0.15, 0.2) is 48.5 Å². The van der Waals surface area contributed by atoms with Crippen LogP contribution >= 0.6 is 0 Å². The molecule has 29 heavy (non-hydrogen) atoms. The molecule has 2 aromatic carbocycles. The van der Waals surface area contributed by atoms with Crippen LogP contribution in [0.4, 0.5) is 0 Å². The molecule has 1 unspecified atom stereocenters. The number of benzene rings is 2. The van der Waals surface area contributed by atoms with E-state index < -0.39 is 5.60 Å². The first-order valence-corrected chi connectivity index (χ1v) is 10.2. The van der Waals surface area contributed by atoms with E-state index >= 15 is 0 Å². The van der Waals surface area contributed by atoms with Crippen molar-refractivity contribution in [1.29, 1.82) is 0 Å². The predicted octanol–water partition coefficient (Wildman–Crippen LogP) is 3.35. The van der Waals surface area contributed by atoms with Crippen molar-refractivity contribution in [3.05, 3.63) is 59.7 Å². The molecular formula is C24H30N2O3. The molecule has 0 aromatic heterocycles. The average molecular weight is 395 g/mol. The van der Waals surface area contributed by atoms with Crippen LogP contribution in [0.25, 0.3) is 11.1 Å². The minimum Gasteiger partial charge on any atom is -0.361 e. The van der Waals surface area contributed by atoms with Crippen LogP contribution in [0.2, 0.25) is 0 Å². The third kappa shape index (κ3) is 5.04. The van der Waals surface area contributed by atoms with Gasteiger partial charge in [-0.2, -0.15) is 0 Å². The quantitative estimate of drug-likeness (QED) is 0.846. The van der Waals surface area contributed by atoms with Gasteiger partial charge in [-0.3, -0.25) is 9.59 Å². The second-order valence-electron chi connectivity index (χ2n) is 8.15. The molecule has 1 aliphatic heterocycles. The fraction of sp³-hybridized carbons (Fsp3) is 0.417. The van der Waals surface area contributed by atoms with Gasteiger partial charge in [0.15, 0.2) is 5.60 Å². The first-order valence-electron chi connectivity index (χ1n) is 10.2. The molecule has 0 aliphatic carbocycles. The summed E-state index contributed by atoms with van der Waals surface area (Å²) < 4.78 is 6.07. The number of carbonyl (C=O) groups excluding carboxylic acids is 2. The fourth-order valence-electron chi connectivity index (χ4n) is 3.71. The van der Waals surface area contributed by atoms with Gasteiger partial charge in [0.2, 0.25) is 5.91 Å². The van der Waals surface area contributed by atoms with E-state index in [4.69, 9.17) is 4.74 Å². The number of aryl methyl sites for hydroxylation is 1. The first kappa shape index (κ1) is 21.1. The highest BCUT2D eigenvalue weighted by molar-refractivity contribution is 5.87. The Hall–Kier alpha value is -2.66. The lowest BCUT2D eigenvalue weighted by molar-refractivity contribution is -0.165. The first-order chi connectivity index (χ1) is 13.8. The molecule has 1 heterocycles. The van der Waals surface area contributed by atoms with Gasteiger partial charge in [0, 0.05) is 25.9 Å². The summed E-state index contributed by atoms with van der Waals surface area (Å²) >= 11 is 0. The van der Waals surface area contributed by atoms with Gasteiger partial charge in [-0.05, 0) is 37.5 Å². The van der Waals surface area contributed by atoms with E-state index in [1.807, 2.05) is 26.0 Å². The van der Waals surface area contributed by atoms with Crippen LogP contribution in [-0.2, 0) is 20.7 Å². The molecule has 0 radical (unpaired) electrons. The van der Waals surface area contributed by atoms with Crippen molar-refractivity contribution in [2.75, 3.05) is 19.7 Å². The van der Waals surface area contributed by atoms with Gasteiger partial charge in [0.05, 0.1) is 13.2 Å². The number of ether oxygens (including phenoxy) is 1. The molecule has 0 saturated carbocycles. The number of amides is 2. The molecule has 0 spiro atoms. The Morgan fingerprint density at radius 2 is 1.86 bits per heavy atom. The van der Waals surface area contributed by atoms with Crippen LogP contribution in [0, 0.1) is 6.92 Å². The lowest BCUT2D eigenvalue weighted by Gasteiger charge is -2.41. The van der Waals surface area contributed by atoms with Gasteiger partial charge in [-0.15, -0.1) is 0 Å². The van der Waals surface area contributed by atoms with Crippen molar-refractivity contribution in [2.45, 2.75) is 45.8 Å². The minimum absolute atomic E-state index is 0.00503. The highest BCUT2D eigenvalue weighted by atomic mass is 16.5. The Labute approximate surface area is 173 Å². The third-order valence-corrected chi connectivity index (χ3v) is 5.27. The molecule has 2 aromatic rings. The van der Waals surface area contributed by atoms with Gasteiger partial charge in [0.1, 0.15) is 0 Å². The molecule has 1 aliphatic rings. The van der Waals surface area contributed by atoms with E-state index in [2.05, 4.69) is 48.6 Å². The molecule has 0 bridgehead atoms. The van der Waals surface area contributed by atoms with Crippen LogP contribution < -0.4 is 5.32 Å². The topological polar surface area (TPSA) is 58.6 Å². The summed E-state index contributed by atoms with van der Waals surface area (Å²) in [5, 5.41) is 2.98. The van der Waals surface area contributed by atoms with Crippen LogP contribution in [0.1, 0.15) is 31.9 Å². The molecule has 1 fully saturated rings. The van der Waals surface area contributed by atoms with E-state index in [0.717, 1.165) is 16.7 Å². The van der Waals surface area contributed by atoms with Gasteiger partial charge >= 0.3 is 0 Å². The Balaban J connectivity index is 1.91. The highest BCUT2D eigenvalue weighted by Crippen LogP contribution is 2.27. The van der Waals surface area contributed by atoms with Crippen LogP contribution in [0.3, 0.4) is 0 Å². The average Bonchev–Trinajstić information content (AvgIpc) is 2.68. The summed E-state index contributed by atoms with van der Waals surface area (Å²) in [5.74, 6) is -0.206. The predicted molar refractivity (Wildman–Crippen MR) is 115 cm³/mol. The molecule has 5 heteroatoms. The fourth-order valence-corrected chi connectivity index (χ4v) is 3.71. The smallest absolute Gasteiger partial charge is 0.254 e. The maximum Gasteiger partial charge on any atom is 0.254 e. The van der Waals surface area contributed by atoms with Gasteiger partial charge < -0.3 is 15.0 Å². The number of hydrogen-bond donors (Lipinski definition) is 1. The zero-order valence-corrected chi connectivity index (χ0v) is 17.7. The third-order valence-electron chi connectivity index (χ3n) is 5.27. The number of carbonyl (C=O) groups is 2. The number of rotatable bonds is 5. The number of hydrogen-bond acceptors (Lipinski definition) is 3. The minimum atomic E-state index is -1.08. The number of morpholine rings is 1. The second kappa shape index (κ2) is 8.78. The largest absolute Gasteiger partial charge is 0.361 e. The summed E-state index contributed by atoms with van der Waals surface area (Å²) in [7, 11) is 0. The Morgan fingerprint density at radius 1 is 1.14 bits per heavy atom.